The van der Waals surface area contributed by atoms with Crippen LogP contribution in [0.2, 0.25) is 5.28 Å². The smallest absolute Gasteiger partial charge is 0.229 e. The molecule has 0 amide bonds. The number of rotatable bonds is 4. The molecule has 1 aromatic heterocycles. The van der Waals surface area contributed by atoms with E-state index in [2.05, 4.69) is 32.5 Å². The van der Waals surface area contributed by atoms with E-state index in [-0.39, 0.29) is 5.28 Å². The number of halogens is 1. The fourth-order valence-corrected chi connectivity index (χ4v) is 2.34. The Morgan fingerprint density at radius 2 is 2.00 bits per heavy atom. The molecule has 2 rings (SSSR count). The lowest BCUT2D eigenvalue weighted by molar-refractivity contribution is 0.553. The van der Waals surface area contributed by atoms with Crippen molar-refractivity contribution in [3.8, 4) is 0 Å². The molecule has 1 saturated carbocycles. The van der Waals surface area contributed by atoms with Crippen LogP contribution >= 0.6 is 11.6 Å². The van der Waals surface area contributed by atoms with E-state index in [1.807, 2.05) is 6.92 Å². The molecule has 2 N–H and O–H groups in total. The van der Waals surface area contributed by atoms with Gasteiger partial charge in [0.2, 0.25) is 17.2 Å². The zero-order valence-electron chi connectivity index (χ0n) is 10.2. The van der Waals surface area contributed by atoms with Crippen LogP contribution in [-0.4, -0.2) is 27.5 Å². The largest absolute Gasteiger partial charge is 0.354 e. The molecule has 1 aliphatic carbocycles. The molecule has 0 bridgehead atoms. The lowest BCUT2D eigenvalue weighted by Crippen LogP contribution is -2.23. The van der Waals surface area contributed by atoms with Crippen LogP contribution in [0.4, 0.5) is 11.9 Å². The summed E-state index contributed by atoms with van der Waals surface area (Å²) < 4.78 is 0. The minimum Gasteiger partial charge on any atom is -0.354 e. The first kappa shape index (κ1) is 12.4. The van der Waals surface area contributed by atoms with Crippen molar-refractivity contribution in [3.05, 3.63) is 5.28 Å². The van der Waals surface area contributed by atoms with E-state index in [0.29, 0.717) is 23.9 Å². The molecule has 1 aromatic rings. The summed E-state index contributed by atoms with van der Waals surface area (Å²) in [6.07, 6.45) is 3.69. The molecule has 17 heavy (non-hydrogen) atoms. The van der Waals surface area contributed by atoms with Crippen LogP contribution in [0.1, 0.15) is 33.1 Å². The van der Waals surface area contributed by atoms with Crippen molar-refractivity contribution in [3.63, 3.8) is 0 Å². The molecule has 0 saturated heterocycles. The molecular formula is C11H18ClN5. The standard InChI is InChI=1S/C11H18ClN5/c1-3-13-10-15-9(12)16-11(17-10)14-8-6-4-5-7(8)2/h7-8H,3-6H2,1-2H3,(H2,13,14,15,16,17). The first-order chi connectivity index (χ1) is 8.19. The number of hydrogen-bond acceptors (Lipinski definition) is 5. The second kappa shape index (κ2) is 5.49. The first-order valence-electron chi connectivity index (χ1n) is 6.11. The predicted octanol–water partition coefficient (Wildman–Crippen LogP) is 2.56. The third-order valence-electron chi connectivity index (χ3n) is 3.12. The topological polar surface area (TPSA) is 62.7 Å². The molecule has 0 radical (unpaired) electrons. The van der Waals surface area contributed by atoms with Gasteiger partial charge in [-0.05, 0) is 37.3 Å². The highest BCUT2D eigenvalue weighted by Crippen LogP contribution is 2.27. The molecule has 0 spiro atoms. The summed E-state index contributed by atoms with van der Waals surface area (Å²) in [6, 6.07) is 0.447. The van der Waals surface area contributed by atoms with Gasteiger partial charge in [-0.1, -0.05) is 13.3 Å². The van der Waals surface area contributed by atoms with Gasteiger partial charge in [-0.15, -0.1) is 0 Å². The number of nitrogens with zero attached hydrogens (tertiary/aromatic N) is 3. The number of nitrogens with one attached hydrogen (secondary N) is 2. The quantitative estimate of drug-likeness (QED) is 0.866. The van der Waals surface area contributed by atoms with Gasteiger partial charge in [-0.25, -0.2) is 0 Å². The van der Waals surface area contributed by atoms with Crippen molar-refractivity contribution >= 4 is 23.5 Å². The first-order valence-corrected chi connectivity index (χ1v) is 6.49. The second-order valence-electron chi connectivity index (χ2n) is 4.44. The van der Waals surface area contributed by atoms with Crippen molar-refractivity contribution in [1.82, 2.24) is 15.0 Å². The highest BCUT2D eigenvalue weighted by atomic mass is 35.5. The minimum absolute atomic E-state index is 0.226. The maximum atomic E-state index is 5.87. The molecule has 6 heteroatoms. The summed E-state index contributed by atoms with van der Waals surface area (Å²) in [5, 5.41) is 6.61. The Bertz CT molecular complexity index is 384. The van der Waals surface area contributed by atoms with Crippen LogP contribution in [0.5, 0.6) is 0 Å². The van der Waals surface area contributed by atoms with Gasteiger partial charge in [0.1, 0.15) is 0 Å². The Hall–Kier alpha value is -1.10. The normalized spacial score (nSPS) is 23.7. The Balaban J connectivity index is 2.09. The van der Waals surface area contributed by atoms with Gasteiger partial charge >= 0.3 is 0 Å². The average molecular weight is 256 g/mol. The highest BCUT2D eigenvalue weighted by molar-refractivity contribution is 6.28. The number of anilines is 2. The fraction of sp³-hybridized carbons (Fsp3) is 0.727. The third kappa shape index (κ3) is 3.19. The van der Waals surface area contributed by atoms with Crippen LogP contribution in [0.15, 0.2) is 0 Å². The van der Waals surface area contributed by atoms with E-state index in [1.54, 1.807) is 0 Å². The monoisotopic (exact) mass is 255 g/mol. The Morgan fingerprint density at radius 3 is 2.65 bits per heavy atom. The summed E-state index contributed by atoms with van der Waals surface area (Å²) in [4.78, 5) is 12.4. The highest BCUT2D eigenvalue weighted by Gasteiger charge is 2.24. The van der Waals surface area contributed by atoms with Gasteiger partial charge in [0.05, 0.1) is 0 Å². The van der Waals surface area contributed by atoms with Crippen molar-refractivity contribution < 1.29 is 0 Å². The van der Waals surface area contributed by atoms with Crippen LogP contribution in [0.25, 0.3) is 0 Å². The van der Waals surface area contributed by atoms with E-state index in [9.17, 15) is 0 Å². The van der Waals surface area contributed by atoms with E-state index >= 15 is 0 Å². The minimum atomic E-state index is 0.226. The molecule has 2 unspecified atom stereocenters. The van der Waals surface area contributed by atoms with E-state index < -0.39 is 0 Å². The van der Waals surface area contributed by atoms with Gasteiger partial charge in [-0.3, -0.25) is 0 Å². The Labute approximate surface area is 106 Å². The lowest BCUT2D eigenvalue weighted by atomic mass is 10.1. The van der Waals surface area contributed by atoms with Gasteiger partial charge < -0.3 is 10.6 Å². The predicted molar refractivity (Wildman–Crippen MR) is 69.4 cm³/mol. The van der Waals surface area contributed by atoms with Crippen molar-refractivity contribution in [2.75, 3.05) is 17.2 Å². The molecule has 0 aromatic carbocycles. The summed E-state index contributed by atoms with van der Waals surface area (Å²) in [7, 11) is 0. The van der Waals surface area contributed by atoms with Crippen molar-refractivity contribution in [2.24, 2.45) is 5.92 Å². The second-order valence-corrected chi connectivity index (χ2v) is 4.78. The lowest BCUT2D eigenvalue weighted by Gasteiger charge is -2.17. The Morgan fingerprint density at radius 1 is 1.24 bits per heavy atom. The van der Waals surface area contributed by atoms with E-state index in [0.717, 1.165) is 6.54 Å². The van der Waals surface area contributed by atoms with Crippen molar-refractivity contribution in [1.29, 1.82) is 0 Å². The third-order valence-corrected chi connectivity index (χ3v) is 3.29. The van der Waals surface area contributed by atoms with Crippen LogP contribution in [-0.2, 0) is 0 Å². The maximum Gasteiger partial charge on any atom is 0.229 e. The van der Waals surface area contributed by atoms with Crippen molar-refractivity contribution in [2.45, 2.75) is 39.2 Å². The maximum absolute atomic E-state index is 5.87. The van der Waals surface area contributed by atoms with Gasteiger partial charge in [0, 0.05) is 12.6 Å². The van der Waals surface area contributed by atoms with Crippen LogP contribution in [0.3, 0.4) is 0 Å². The molecule has 2 atom stereocenters. The molecule has 1 aliphatic rings. The molecule has 94 valence electrons. The summed E-state index contributed by atoms with van der Waals surface area (Å²) in [6.45, 7) is 5.00. The van der Waals surface area contributed by atoms with Gasteiger partial charge in [-0.2, -0.15) is 15.0 Å². The Kier molecular flexibility index (Phi) is 3.99. The van der Waals surface area contributed by atoms with E-state index in [4.69, 9.17) is 11.6 Å². The van der Waals surface area contributed by atoms with Gasteiger partial charge in [0.25, 0.3) is 0 Å². The van der Waals surface area contributed by atoms with Crippen LogP contribution in [0, 0.1) is 5.92 Å². The number of hydrogen-bond donors (Lipinski definition) is 2. The van der Waals surface area contributed by atoms with E-state index in [1.165, 1.54) is 19.3 Å². The van der Waals surface area contributed by atoms with Crippen LogP contribution < -0.4 is 10.6 Å². The summed E-state index contributed by atoms with van der Waals surface area (Å²) >= 11 is 5.87. The molecule has 1 heterocycles. The molecule has 1 fully saturated rings. The summed E-state index contributed by atoms with van der Waals surface area (Å²) in [5.41, 5.74) is 0. The number of aromatic nitrogens is 3. The SMILES string of the molecule is CCNc1nc(Cl)nc(NC2CCCC2C)n1. The van der Waals surface area contributed by atoms with Gasteiger partial charge in [0.15, 0.2) is 0 Å². The molecule has 0 aliphatic heterocycles. The molecule has 5 nitrogen and oxygen atoms in total. The summed E-state index contributed by atoms with van der Waals surface area (Å²) in [5.74, 6) is 1.76. The zero-order valence-corrected chi connectivity index (χ0v) is 11.0. The molecular weight excluding hydrogens is 238 g/mol. The average Bonchev–Trinajstić information content (AvgIpc) is 2.64. The zero-order chi connectivity index (χ0) is 12.3. The fourth-order valence-electron chi connectivity index (χ4n) is 2.18.